The molecule has 0 aliphatic carbocycles. The van der Waals surface area contributed by atoms with E-state index >= 15 is 0 Å². The van der Waals surface area contributed by atoms with Gasteiger partial charge in [-0.15, -0.1) is 0 Å². The van der Waals surface area contributed by atoms with Crippen LogP contribution in [0.25, 0.3) is 11.0 Å². The molecule has 21 heavy (non-hydrogen) atoms. The summed E-state index contributed by atoms with van der Waals surface area (Å²) >= 11 is 0. The molecular weight excluding hydrogens is 268 g/mol. The van der Waals surface area contributed by atoms with Crippen molar-refractivity contribution in [2.45, 2.75) is 26.7 Å². The summed E-state index contributed by atoms with van der Waals surface area (Å²) in [5, 5.41) is 7.72. The summed E-state index contributed by atoms with van der Waals surface area (Å²) < 4.78 is 10.6. The topological polar surface area (TPSA) is 64.4 Å². The third-order valence-corrected chi connectivity index (χ3v) is 3.02. The lowest BCUT2D eigenvalue weighted by Crippen LogP contribution is -2.27. The van der Waals surface area contributed by atoms with Gasteiger partial charge in [-0.3, -0.25) is 4.79 Å². The maximum Gasteiger partial charge on any atom is 0.226 e. The number of amides is 1. The summed E-state index contributed by atoms with van der Waals surface area (Å²) in [7, 11) is 0. The van der Waals surface area contributed by atoms with E-state index in [0.29, 0.717) is 30.3 Å². The van der Waals surface area contributed by atoms with Crippen LogP contribution in [0, 0.1) is 5.92 Å². The number of nitrogens with one attached hydrogen (secondary N) is 1. The van der Waals surface area contributed by atoms with E-state index < -0.39 is 0 Å². The van der Waals surface area contributed by atoms with Gasteiger partial charge in [-0.25, -0.2) is 0 Å². The van der Waals surface area contributed by atoms with Crippen LogP contribution < -0.4 is 5.32 Å². The normalized spacial score (nSPS) is 11.2. The van der Waals surface area contributed by atoms with Crippen LogP contribution in [0.3, 0.4) is 0 Å². The molecule has 0 unspecified atom stereocenters. The zero-order valence-corrected chi connectivity index (χ0v) is 12.6. The molecule has 5 heteroatoms. The standard InChI is InChI=1S/C16H22N2O3/c1-12(2)11-20-9-5-8-17-16(19)10-14-13-6-3-4-7-15(13)21-18-14/h3-4,6-7,12H,5,8-11H2,1-2H3,(H,17,19). The van der Waals surface area contributed by atoms with Crippen LogP contribution in [0.15, 0.2) is 28.8 Å². The Morgan fingerprint density at radius 3 is 3.00 bits per heavy atom. The lowest BCUT2D eigenvalue weighted by Gasteiger charge is -2.07. The Morgan fingerprint density at radius 2 is 2.19 bits per heavy atom. The van der Waals surface area contributed by atoms with Gasteiger partial charge in [0, 0.05) is 25.1 Å². The van der Waals surface area contributed by atoms with Gasteiger partial charge in [-0.05, 0) is 24.5 Å². The summed E-state index contributed by atoms with van der Waals surface area (Å²) in [6, 6.07) is 7.55. The SMILES string of the molecule is CC(C)COCCCNC(=O)Cc1noc2ccccc12. The number of carbonyl (C=O) groups excluding carboxylic acids is 1. The fraction of sp³-hybridized carbons (Fsp3) is 0.500. The average Bonchev–Trinajstić information content (AvgIpc) is 2.86. The molecule has 2 aromatic rings. The molecule has 5 nitrogen and oxygen atoms in total. The van der Waals surface area contributed by atoms with Crippen LogP contribution in [0.5, 0.6) is 0 Å². The highest BCUT2D eigenvalue weighted by molar-refractivity contribution is 5.86. The molecule has 2 rings (SSSR count). The zero-order chi connectivity index (χ0) is 15.1. The van der Waals surface area contributed by atoms with E-state index in [1.165, 1.54) is 0 Å². The second-order valence-electron chi connectivity index (χ2n) is 5.47. The highest BCUT2D eigenvalue weighted by Gasteiger charge is 2.11. The predicted molar refractivity (Wildman–Crippen MR) is 81.0 cm³/mol. The lowest BCUT2D eigenvalue weighted by atomic mass is 10.1. The molecule has 0 fully saturated rings. The van der Waals surface area contributed by atoms with Crippen molar-refractivity contribution in [3.05, 3.63) is 30.0 Å². The third kappa shape index (κ3) is 4.86. The Balaban J connectivity index is 1.70. The molecule has 0 atom stereocenters. The zero-order valence-electron chi connectivity index (χ0n) is 12.6. The molecule has 0 aliphatic rings. The number of aromatic nitrogens is 1. The number of hydrogen-bond acceptors (Lipinski definition) is 4. The summed E-state index contributed by atoms with van der Waals surface area (Å²) in [6.45, 7) is 6.28. The highest BCUT2D eigenvalue weighted by Crippen LogP contribution is 2.17. The minimum Gasteiger partial charge on any atom is -0.381 e. The van der Waals surface area contributed by atoms with Gasteiger partial charge in [-0.1, -0.05) is 31.1 Å². The van der Waals surface area contributed by atoms with Gasteiger partial charge < -0.3 is 14.6 Å². The number of rotatable bonds is 8. The smallest absolute Gasteiger partial charge is 0.226 e. The van der Waals surface area contributed by atoms with Crippen LogP contribution >= 0.6 is 0 Å². The molecule has 0 spiro atoms. The molecule has 1 N–H and O–H groups in total. The summed E-state index contributed by atoms with van der Waals surface area (Å²) in [4.78, 5) is 11.9. The van der Waals surface area contributed by atoms with Gasteiger partial charge in [-0.2, -0.15) is 0 Å². The predicted octanol–water partition coefficient (Wildman–Crippen LogP) is 2.55. The van der Waals surface area contributed by atoms with Crippen LogP contribution in [0.4, 0.5) is 0 Å². The summed E-state index contributed by atoms with van der Waals surface area (Å²) in [5.74, 6) is 0.498. The quantitative estimate of drug-likeness (QED) is 0.759. The van der Waals surface area contributed by atoms with Crippen molar-refractivity contribution < 1.29 is 14.1 Å². The number of carbonyl (C=O) groups is 1. The first-order valence-corrected chi connectivity index (χ1v) is 7.34. The number of ether oxygens (including phenoxy) is 1. The number of benzene rings is 1. The number of hydrogen-bond donors (Lipinski definition) is 1. The van der Waals surface area contributed by atoms with E-state index in [2.05, 4.69) is 24.3 Å². The van der Waals surface area contributed by atoms with Crippen molar-refractivity contribution in [3.63, 3.8) is 0 Å². The maximum atomic E-state index is 11.9. The fourth-order valence-electron chi connectivity index (χ4n) is 2.00. The number of nitrogens with zero attached hydrogens (tertiary/aromatic N) is 1. The van der Waals surface area contributed by atoms with Crippen LogP contribution in [-0.4, -0.2) is 30.8 Å². The molecule has 0 radical (unpaired) electrons. The first kappa shape index (κ1) is 15.5. The second kappa shape index (κ2) is 7.78. The number of para-hydroxylation sites is 1. The van der Waals surface area contributed by atoms with E-state index in [4.69, 9.17) is 9.26 Å². The van der Waals surface area contributed by atoms with Crippen molar-refractivity contribution in [2.75, 3.05) is 19.8 Å². The Labute approximate surface area is 124 Å². The van der Waals surface area contributed by atoms with Crippen molar-refractivity contribution >= 4 is 16.9 Å². The minimum atomic E-state index is -0.0436. The molecule has 0 saturated heterocycles. The second-order valence-corrected chi connectivity index (χ2v) is 5.47. The van der Waals surface area contributed by atoms with Crippen LogP contribution in [0.2, 0.25) is 0 Å². The van der Waals surface area contributed by atoms with Crippen molar-refractivity contribution in [2.24, 2.45) is 5.92 Å². The maximum absolute atomic E-state index is 11.9. The van der Waals surface area contributed by atoms with Gasteiger partial charge in [0.2, 0.25) is 5.91 Å². The molecule has 1 heterocycles. The molecule has 1 amide bonds. The van der Waals surface area contributed by atoms with Crippen molar-refractivity contribution in [1.29, 1.82) is 0 Å². The average molecular weight is 290 g/mol. The first-order chi connectivity index (χ1) is 10.2. The highest BCUT2D eigenvalue weighted by atomic mass is 16.5. The van der Waals surface area contributed by atoms with E-state index in [-0.39, 0.29) is 12.3 Å². The lowest BCUT2D eigenvalue weighted by molar-refractivity contribution is -0.120. The minimum absolute atomic E-state index is 0.0436. The molecule has 1 aromatic heterocycles. The summed E-state index contributed by atoms with van der Waals surface area (Å²) in [5.41, 5.74) is 1.39. The molecular formula is C16H22N2O3. The monoisotopic (exact) mass is 290 g/mol. The Bertz CT molecular complexity index is 578. The van der Waals surface area contributed by atoms with Crippen molar-refractivity contribution in [3.8, 4) is 0 Å². The van der Waals surface area contributed by atoms with Gasteiger partial charge in [0.1, 0.15) is 5.69 Å². The van der Waals surface area contributed by atoms with Gasteiger partial charge in [0.25, 0.3) is 0 Å². The fourth-order valence-corrected chi connectivity index (χ4v) is 2.00. The van der Waals surface area contributed by atoms with Gasteiger partial charge in [0.05, 0.1) is 6.42 Å². The third-order valence-electron chi connectivity index (χ3n) is 3.02. The number of fused-ring (bicyclic) bond motifs is 1. The van der Waals surface area contributed by atoms with E-state index in [1.54, 1.807) is 0 Å². The first-order valence-electron chi connectivity index (χ1n) is 7.34. The van der Waals surface area contributed by atoms with Crippen molar-refractivity contribution in [1.82, 2.24) is 10.5 Å². The van der Waals surface area contributed by atoms with Gasteiger partial charge in [0.15, 0.2) is 5.58 Å². The van der Waals surface area contributed by atoms with Gasteiger partial charge >= 0.3 is 0 Å². The van der Waals surface area contributed by atoms with Crippen LogP contribution in [-0.2, 0) is 16.0 Å². The van der Waals surface area contributed by atoms with E-state index in [9.17, 15) is 4.79 Å². The van der Waals surface area contributed by atoms with E-state index in [0.717, 1.165) is 18.4 Å². The molecule has 0 bridgehead atoms. The Kier molecular flexibility index (Phi) is 5.75. The summed E-state index contributed by atoms with van der Waals surface area (Å²) in [6.07, 6.45) is 1.06. The molecule has 1 aromatic carbocycles. The molecule has 0 saturated carbocycles. The van der Waals surface area contributed by atoms with E-state index in [1.807, 2.05) is 24.3 Å². The van der Waals surface area contributed by atoms with Crippen LogP contribution in [0.1, 0.15) is 26.0 Å². The molecule has 114 valence electrons. The Morgan fingerprint density at radius 1 is 1.38 bits per heavy atom. The molecule has 0 aliphatic heterocycles. The largest absolute Gasteiger partial charge is 0.381 e. The Hall–Kier alpha value is -1.88.